The molecular weight excluding hydrogens is 176 g/mol. The van der Waals surface area contributed by atoms with Crippen LogP contribution in [0, 0.1) is 6.92 Å². The van der Waals surface area contributed by atoms with Gasteiger partial charge < -0.3 is 15.4 Å². The molecule has 0 bridgehead atoms. The second-order valence-corrected chi connectivity index (χ2v) is 3.67. The topological polar surface area (TPSA) is 33.3 Å². The average molecular weight is 192 g/mol. The second kappa shape index (κ2) is 3.88. The number of fused-ring (bicyclic) bond motifs is 1. The van der Waals surface area contributed by atoms with Crippen LogP contribution in [0.15, 0.2) is 18.2 Å². The highest BCUT2D eigenvalue weighted by Crippen LogP contribution is 2.24. The average Bonchev–Trinajstić information content (AvgIpc) is 2.39. The molecule has 0 amide bonds. The van der Waals surface area contributed by atoms with Crippen molar-refractivity contribution < 1.29 is 4.74 Å². The van der Waals surface area contributed by atoms with Gasteiger partial charge in [0.25, 0.3) is 0 Å². The molecule has 3 heteroatoms. The summed E-state index contributed by atoms with van der Waals surface area (Å²) in [6, 6.07) is 6.37. The summed E-state index contributed by atoms with van der Waals surface area (Å²) in [4.78, 5) is 0. The van der Waals surface area contributed by atoms with Crippen molar-refractivity contribution in [2.45, 2.75) is 13.0 Å². The Balaban J connectivity index is 2.21. The SMILES string of the molecule is COC1CNc2ccc(C)cc2NC1. The van der Waals surface area contributed by atoms with Gasteiger partial charge in [0.2, 0.25) is 0 Å². The van der Waals surface area contributed by atoms with Crippen LogP contribution in [0.4, 0.5) is 11.4 Å². The minimum atomic E-state index is 0.239. The van der Waals surface area contributed by atoms with E-state index in [1.807, 2.05) is 0 Å². The maximum atomic E-state index is 5.31. The molecule has 1 atom stereocenters. The lowest BCUT2D eigenvalue weighted by Gasteiger charge is -2.11. The Kier molecular flexibility index (Phi) is 2.59. The highest BCUT2D eigenvalue weighted by Gasteiger charge is 2.13. The van der Waals surface area contributed by atoms with Crippen molar-refractivity contribution in [3.8, 4) is 0 Å². The molecule has 76 valence electrons. The molecule has 0 radical (unpaired) electrons. The fraction of sp³-hybridized carbons (Fsp3) is 0.455. The molecule has 0 spiro atoms. The molecule has 14 heavy (non-hydrogen) atoms. The van der Waals surface area contributed by atoms with E-state index in [9.17, 15) is 0 Å². The summed E-state index contributed by atoms with van der Waals surface area (Å²) in [5, 5.41) is 6.75. The van der Waals surface area contributed by atoms with Crippen LogP contribution in [0.5, 0.6) is 0 Å². The van der Waals surface area contributed by atoms with E-state index in [1.165, 1.54) is 11.3 Å². The van der Waals surface area contributed by atoms with Crippen LogP contribution in [-0.2, 0) is 4.74 Å². The molecule has 3 nitrogen and oxygen atoms in total. The van der Waals surface area contributed by atoms with Crippen LogP contribution >= 0.6 is 0 Å². The summed E-state index contributed by atoms with van der Waals surface area (Å²) in [5.74, 6) is 0. The summed E-state index contributed by atoms with van der Waals surface area (Å²) < 4.78 is 5.31. The minimum absolute atomic E-state index is 0.239. The standard InChI is InChI=1S/C11H16N2O/c1-8-3-4-10-11(5-8)13-7-9(14-2)6-12-10/h3-5,9,12-13H,6-7H2,1-2H3. The molecule has 1 heterocycles. The molecular formula is C11H16N2O. The van der Waals surface area contributed by atoms with Crippen molar-refractivity contribution in [1.82, 2.24) is 0 Å². The van der Waals surface area contributed by atoms with E-state index >= 15 is 0 Å². The molecule has 0 aliphatic carbocycles. The van der Waals surface area contributed by atoms with Gasteiger partial charge in [-0.1, -0.05) is 6.07 Å². The van der Waals surface area contributed by atoms with Crippen LogP contribution in [0.1, 0.15) is 5.56 Å². The molecule has 2 rings (SSSR count). The maximum absolute atomic E-state index is 5.31. The predicted octanol–water partition coefficient (Wildman–Crippen LogP) is 1.85. The Morgan fingerprint density at radius 1 is 1.21 bits per heavy atom. The van der Waals surface area contributed by atoms with Gasteiger partial charge in [-0.05, 0) is 24.6 Å². The van der Waals surface area contributed by atoms with Crippen LogP contribution in [-0.4, -0.2) is 26.3 Å². The first-order chi connectivity index (χ1) is 6.79. The molecule has 0 saturated heterocycles. The Hall–Kier alpha value is -1.22. The molecule has 1 aliphatic heterocycles. The molecule has 1 aliphatic rings. The normalized spacial score (nSPS) is 20.3. The van der Waals surface area contributed by atoms with Gasteiger partial charge in [0.15, 0.2) is 0 Å². The van der Waals surface area contributed by atoms with Gasteiger partial charge in [0.1, 0.15) is 0 Å². The first-order valence-corrected chi connectivity index (χ1v) is 4.91. The lowest BCUT2D eigenvalue weighted by atomic mass is 10.2. The quantitative estimate of drug-likeness (QED) is 0.712. The summed E-state index contributed by atoms with van der Waals surface area (Å²) in [6.07, 6.45) is 0.239. The number of hydrogen-bond acceptors (Lipinski definition) is 3. The molecule has 1 aromatic rings. The van der Waals surface area contributed by atoms with Crippen molar-refractivity contribution in [3.63, 3.8) is 0 Å². The van der Waals surface area contributed by atoms with E-state index in [0.717, 1.165) is 18.8 Å². The van der Waals surface area contributed by atoms with Gasteiger partial charge in [-0.15, -0.1) is 0 Å². The fourth-order valence-electron chi connectivity index (χ4n) is 1.64. The zero-order valence-corrected chi connectivity index (χ0v) is 8.63. The Morgan fingerprint density at radius 2 is 1.93 bits per heavy atom. The molecule has 2 N–H and O–H groups in total. The molecule has 0 aromatic heterocycles. The van der Waals surface area contributed by atoms with Crippen molar-refractivity contribution >= 4 is 11.4 Å². The van der Waals surface area contributed by atoms with Gasteiger partial charge in [-0.2, -0.15) is 0 Å². The summed E-state index contributed by atoms with van der Waals surface area (Å²) in [5.41, 5.74) is 3.61. The Morgan fingerprint density at radius 3 is 2.64 bits per heavy atom. The van der Waals surface area contributed by atoms with Crippen molar-refractivity contribution in [1.29, 1.82) is 0 Å². The van der Waals surface area contributed by atoms with Gasteiger partial charge in [-0.3, -0.25) is 0 Å². The molecule has 1 aromatic carbocycles. The largest absolute Gasteiger partial charge is 0.381 e. The zero-order valence-electron chi connectivity index (χ0n) is 8.63. The number of ether oxygens (including phenoxy) is 1. The lowest BCUT2D eigenvalue weighted by Crippen LogP contribution is -2.26. The van der Waals surface area contributed by atoms with E-state index in [0.29, 0.717) is 0 Å². The van der Waals surface area contributed by atoms with E-state index in [-0.39, 0.29) is 6.10 Å². The van der Waals surface area contributed by atoms with Gasteiger partial charge >= 0.3 is 0 Å². The number of benzene rings is 1. The number of aryl methyl sites for hydroxylation is 1. The van der Waals surface area contributed by atoms with E-state index < -0.39 is 0 Å². The highest BCUT2D eigenvalue weighted by molar-refractivity contribution is 5.70. The summed E-state index contributed by atoms with van der Waals surface area (Å²) >= 11 is 0. The fourth-order valence-corrected chi connectivity index (χ4v) is 1.64. The van der Waals surface area contributed by atoms with Crippen molar-refractivity contribution in [2.24, 2.45) is 0 Å². The Labute approximate surface area is 84.5 Å². The summed E-state index contributed by atoms with van der Waals surface area (Å²) in [6.45, 7) is 3.82. The van der Waals surface area contributed by atoms with Crippen molar-refractivity contribution in [3.05, 3.63) is 23.8 Å². The third-order valence-corrected chi connectivity index (χ3v) is 2.55. The zero-order chi connectivity index (χ0) is 9.97. The predicted molar refractivity (Wildman–Crippen MR) is 59.0 cm³/mol. The van der Waals surface area contributed by atoms with Crippen LogP contribution in [0.25, 0.3) is 0 Å². The van der Waals surface area contributed by atoms with Crippen LogP contribution < -0.4 is 10.6 Å². The van der Waals surface area contributed by atoms with Gasteiger partial charge in [-0.25, -0.2) is 0 Å². The van der Waals surface area contributed by atoms with Gasteiger partial charge in [0.05, 0.1) is 17.5 Å². The third kappa shape index (κ3) is 1.82. The Bertz CT molecular complexity index is 325. The first-order valence-electron chi connectivity index (χ1n) is 4.91. The highest BCUT2D eigenvalue weighted by atomic mass is 16.5. The smallest absolute Gasteiger partial charge is 0.0915 e. The number of anilines is 2. The van der Waals surface area contributed by atoms with Crippen molar-refractivity contribution in [2.75, 3.05) is 30.8 Å². The third-order valence-electron chi connectivity index (χ3n) is 2.55. The molecule has 0 saturated carbocycles. The molecule has 0 fully saturated rings. The van der Waals surface area contributed by atoms with E-state index in [2.05, 4.69) is 35.8 Å². The number of methoxy groups -OCH3 is 1. The monoisotopic (exact) mass is 192 g/mol. The van der Waals surface area contributed by atoms with E-state index in [1.54, 1.807) is 7.11 Å². The second-order valence-electron chi connectivity index (χ2n) is 3.67. The van der Waals surface area contributed by atoms with Gasteiger partial charge in [0, 0.05) is 20.2 Å². The van der Waals surface area contributed by atoms with E-state index in [4.69, 9.17) is 4.74 Å². The number of rotatable bonds is 1. The summed E-state index contributed by atoms with van der Waals surface area (Å²) in [7, 11) is 1.75. The lowest BCUT2D eigenvalue weighted by molar-refractivity contribution is 0.124. The minimum Gasteiger partial charge on any atom is -0.381 e. The number of hydrogen-bond donors (Lipinski definition) is 2. The number of nitrogens with one attached hydrogen (secondary N) is 2. The molecule has 1 unspecified atom stereocenters. The first kappa shape index (κ1) is 9.34. The van der Waals surface area contributed by atoms with Crippen LogP contribution in [0.2, 0.25) is 0 Å². The maximum Gasteiger partial charge on any atom is 0.0915 e. The van der Waals surface area contributed by atoms with Crippen LogP contribution in [0.3, 0.4) is 0 Å².